The second kappa shape index (κ2) is 11.8. The van der Waals surface area contributed by atoms with Crippen molar-refractivity contribution < 1.29 is 13.6 Å². The highest BCUT2D eigenvalue weighted by molar-refractivity contribution is 5.83. The molecule has 0 saturated carbocycles. The van der Waals surface area contributed by atoms with Gasteiger partial charge in [-0.1, -0.05) is 61.2 Å². The summed E-state index contributed by atoms with van der Waals surface area (Å²) in [6, 6.07) is 42.8. The highest BCUT2D eigenvalue weighted by Crippen LogP contribution is 2.36. The van der Waals surface area contributed by atoms with E-state index in [2.05, 4.69) is 95.4 Å². The fourth-order valence-electron chi connectivity index (χ4n) is 5.92. The van der Waals surface area contributed by atoms with Gasteiger partial charge in [0.1, 0.15) is 28.7 Å². The van der Waals surface area contributed by atoms with Crippen molar-refractivity contribution in [3.63, 3.8) is 0 Å². The highest BCUT2D eigenvalue weighted by atomic mass is 16.5. The summed E-state index contributed by atoms with van der Waals surface area (Å²) in [5.74, 6) is 2.38. The summed E-state index contributed by atoms with van der Waals surface area (Å²) in [6.45, 7) is 4.18. The second-order valence-electron chi connectivity index (χ2n) is 11.2. The molecule has 46 heavy (non-hydrogen) atoms. The van der Waals surface area contributed by atoms with Crippen molar-refractivity contribution in [2.75, 3.05) is 4.90 Å². The number of nitrogens with zero attached hydrogens (tertiary/aromatic N) is 2. The lowest BCUT2D eigenvalue weighted by atomic mass is 10.1. The predicted octanol–water partition coefficient (Wildman–Crippen LogP) is 10.7. The number of hydrogen-bond acceptors (Lipinski definition) is 5. The van der Waals surface area contributed by atoms with Crippen LogP contribution in [0, 0.1) is 0 Å². The van der Waals surface area contributed by atoms with Crippen LogP contribution in [-0.4, -0.2) is 11.1 Å². The molecule has 3 heterocycles. The Hall–Kier alpha value is -6.07. The second-order valence-corrected chi connectivity index (χ2v) is 11.2. The monoisotopic (exact) mass is 598 g/mol. The van der Waals surface area contributed by atoms with Gasteiger partial charge >= 0.3 is 0 Å². The molecule has 5 aromatic carbocycles. The van der Waals surface area contributed by atoms with Crippen LogP contribution in [0.15, 0.2) is 173 Å². The van der Waals surface area contributed by atoms with Crippen LogP contribution < -0.4 is 9.64 Å². The molecule has 0 bridgehead atoms. The lowest BCUT2D eigenvalue weighted by Gasteiger charge is -2.26. The fraction of sp³-hybridized carbons (Fsp3) is 0.0488. The van der Waals surface area contributed by atoms with Gasteiger partial charge in [-0.25, -0.2) is 4.98 Å². The van der Waals surface area contributed by atoms with E-state index in [4.69, 9.17) is 13.6 Å². The van der Waals surface area contributed by atoms with Crippen LogP contribution in [0.25, 0.3) is 44.8 Å². The average Bonchev–Trinajstić information content (AvgIpc) is 3.85. The van der Waals surface area contributed by atoms with Gasteiger partial charge in [0.05, 0.1) is 0 Å². The summed E-state index contributed by atoms with van der Waals surface area (Å²) in [4.78, 5) is 6.86. The number of rotatable bonds is 8. The van der Waals surface area contributed by atoms with Crippen molar-refractivity contribution in [2.24, 2.45) is 0 Å². The molecule has 8 rings (SSSR count). The van der Waals surface area contributed by atoms with E-state index in [9.17, 15) is 0 Å². The predicted molar refractivity (Wildman–Crippen MR) is 185 cm³/mol. The Bertz CT molecular complexity index is 2030. The van der Waals surface area contributed by atoms with Gasteiger partial charge in [-0.2, -0.15) is 0 Å². The number of oxazole rings is 1. The van der Waals surface area contributed by atoms with Crippen LogP contribution in [0.1, 0.15) is 5.56 Å². The number of para-hydroxylation sites is 4. The van der Waals surface area contributed by atoms with Gasteiger partial charge in [-0.05, 0) is 103 Å². The molecular weight excluding hydrogens is 568 g/mol. The summed E-state index contributed by atoms with van der Waals surface area (Å²) in [6.07, 6.45) is 8.94. The van der Waals surface area contributed by atoms with E-state index >= 15 is 0 Å². The number of aromatic nitrogens is 1. The third kappa shape index (κ3) is 5.29. The summed E-state index contributed by atoms with van der Waals surface area (Å²) >= 11 is 0. The number of hydrogen-bond donors (Lipinski definition) is 0. The Kier molecular flexibility index (Phi) is 7.04. The summed E-state index contributed by atoms with van der Waals surface area (Å²) < 4.78 is 18.3. The molecule has 1 aliphatic rings. The number of furan rings is 1. The summed E-state index contributed by atoms with van der Waals surface area (Å²) in [5.41, 5.74) is 8.50. The van der Waals surface area contributed by atoms with Gasteiger partial charge < -0.3 is 18.5 Å². The summed E-state index contributed by atoms with van der Waals surface area (Å²) in [7, 11) is 0. The summed E-state index contributed by atoms with van der Waals surface area (Å²) in [5, 5.41) is 1.08. The number of ether oxygens (including phenoxy) is 1. The van der Waals surface area contributed by atoms with Crippen LogP contribution in [0.2, 0.25) is 0 Å². The molecule has 0 amide bonds. The van der Waals surface area contributed by atoms with Crippen LogP contribution in [0.3, 0.4) is 0 Å². The SMILES string of the molecule is C=C/C(=C\C=C\C1Cc2ccccc2O1)N(c1ccc(-c2cc3ccccc3o2)cc1)c1ccc(-c2nc3ccccc3o2)cc1. The molecule has 1 unspecified atom stereocenters. The zero-order valence-corrected chi connectivity index (χ0v) is 25.0. The van der Waals surface area contributed by atoms with E-state index in [1.54, 1.807) is 0 Å². The first-order valence-corrected chi connectivity index (χ1v) is 15.3. The van der Waals surface area contributed by atoms with E-state index < -0.39 is 0 Å². The van der Waals surface area contributed by atoms with Crippen molar-refractivity contribution in [3.05, 3.63) is 170 Å². The molecule has 222 valence electrons. The number of fused-ring (bicyclic) bond motifs is 3. The van der Waals surface area contributed by atoms with Gasteiger partial charge in [0.2, 0.25) is 5.89 Å². The Labute approximate surface area is 267 Å². The minimum atomic E-state index is -0.00755. The molecule has 2 aromatic heterocycles. The molecule has 0 spiro atoms. The molecule has 0 N–H and O–H groups in total. The minimum absolute atomic E-state index is 0.00755. The van der Waals surface area contributed by atoms with E-state index in [0.717, 1.165) is 68.2 Å². The lowest BCUT2D eigenvalue weighted by Crippen LogP contribution is -2.15. The molecule has 5 heteroatoms. The molecular formula is C41H30N2O3. The molecule has 0 aliphatic carbocycles. The first-order chi connectivity index (χ1) is 22.7. The number of anilines is 2. The van der Waals surface area contributed by atoms with E-state index in [0.29, 0.717) is 5.89 Å². The lowest BCUT2D eigenvalue weighted by molar-refractivity contribution is 0.283. The van der Waals surface area contributed by atoms with Gasteiger partial charge in [0, 0.05) is 40.0 Å². The smallest absolute Gasteiger partial charge is 0.227 e. The van der Waals surface area contributed by atoms with Gasteiger partial charge in [0.25, 0.3) is 0 Å². The van der Waals surface area contributed by atoms with Crippen molar-refractivity contribution in [3.8, 4) is 28.5 Å². The molecule has 7 aromatic rings. The first-order valence-electron chi connectivity index (χ1n) is 15.3. The molecule has 1 aliphatic heterocycles. The van der Waals surface area contributed by atoms with Crippen LogP contribution >= 0.6 is 0 Å². The molecule has 5 nitrogen and oxygen atoms in total. The Balaban J connectivity index is 1.13. The van der Waals surface area contributed by atoms with Gasteiger partial charge in [-0.3, -0.25) is 0 Å². The third-order valence-corrected chi connectivity index (χ3v) is 8.23. The molecule has 0 saturated heterocycles. The van der Waals surface area contributed by atoms with Crippen molar-refractivity contribution >= 4 is 33.4 Å². The van der Waals surface area contributed by atoms with E-state index in [1.165, 1.54) is 5.56 Å². The largest absolute Gasteiger partial charge is 0.486 e. The standard InChI is InChI=1S/C41H30N2O3/c1-2-32(12-9-13-35-26-30-10-3-6-15-37(30)44-35)43(33-22-18-28(19-23-33)40-27-31-11-4-7-16-38(31)45-40)34-24-20-29(21-25-34)41-42-36-14-5-8-17-39(36)46-41/h2-25,27,35H,1,26H2/b13-9+,32-12+. The van der Waals surface area contributed by atoms with E-state index in [1.807, 2.05) is 72.8 Å². The quantitative estimate of drug-likeness (QED) is 0.163. The molecule has 0 fully saturated rings. The number of allylic oxidation sites excluding steroid dienone is 3. The zero-order chi connectivity index (χ0) is 30.9. The van der Waals surface area contributed by atoms with Gasteiger partial charge in [-0.15, -0.1) is 0 Å². The fourth-order valence-corrected chi connectivity index (χ4v) is 5.92. The average molecular weight is 599 g/mol. The van der Waals surface area contributed by atoms with Gasteiger partial charge in [0.15, 0.2) is 5.58 Å². The zero-order valence-electron chi connectivity index (χ0n) is 25.0. The van der Waals surface area contributed by atoms with Crippen molar-refractivity contribution in [1.82, 2.24) is 4.98 Å². The number of benzene rings is 5. The maximum absolute atomic E-state index is 6.13. The van der Waals surface area contributed by atoms with Crippen LogP contribution in [-0.2, 0) is 6.42 Å². The van der Waals surface area contributed by atoms with E-state index in [-0.39, 0.29) is 6.10 Å². The maximum atomic E-state index is 6.13. The Morgan fingerprint density at radius 1 is 0.739 bits per heavy atom. The first kappa shape index (κ1) is 27.5. The molecule has 0 radical (unpaired) electrons. The normalized spacial score (nSPS) is 14.5. The minimum Gasteiger partial charge on any atom is -0.486 e. The highest BCUT2D eigenvalue weighted by Gasteiger charge is 2.20. The Morgan fingerprint density at radius 3 is 2.17 bits per heavy atom. The topological polar surface area (TPSA) is 51.6 Å². The Morgan fingerprint density at radius 2 is 1.43 bits per heavy atom. The van der Waals surface area contributed by atoms with Crippen molar-refractivity contribution in [1.29, 1.82) is 0 Å². The van der Waals surface area contributed by atoms with Crippen molar-refractivity contribution in [2.45, 2.75) is 12.5 Å². The maximum Gasteiger partial charge on any atom is 0.227 e. The van der Waals surface area contributed by atoms with Crippen LogP contribution in [0.5, 0.6) is 5.75 Å². The van der Waals surface area contributed by atoms with Crippen LogP contribution in [0.4, 0.5) is 11.4 Å². The molecule has 1 atom stereocenters. The third-order valence-electron chi connectivity index (χ3n) is 8.23.